The molecule has 1 saturated carbocycles. The molecule has 1 aliphatic heterocycles. The maximum Gasteiger partial charge on any atom is 0.275 e. The molecule has 158 valence electrons. The van der Waals surface area contributed by atoms with Crippen molar-refractivity contribution < 1.29 is 18.1 Å². The monoisotopic (exact) mass is 419 g/mol. The third kappa shape index (κ3) is 4.97. The number of piperazine rings is 1. The van der Waals surface area contributed by atoms with Crippen molar-refractivity contribution in [3.05, 3.63) is 29.8 Å². The van der Waals surface area contributed by atoms with Crippen molar-refractivity contribution in [2.45, 2.75) is 44.0 Å². The highest BCUT2D eigenvalue weighted by atomic mass is 32.2. The van der Waals surface area contributed by atoms with Gasteiger partial charge >= 0.3 is 0 Å². The molecule has 29 heavy (non-hydrogen) atoms. The van der Waals surface area contributed by atoms with Crippen LogP contribution in [0.1, 0.15) is 38.7 Å². The standard InChI is InChI=1S/C21H30N4O3S/c1-16-6-5-8-19(17(16)2)23-21(26)15-24-10-12-25(13-11-24)29(27,28)20-9-4-3-7-18(20)14-22/h3-4,7,9,16-17,19H,5-6,8,10-13,15H2,1-2H3,(H,23,26)/p+1/t16-,17-,19+/m1/s1. The summed E-state index contributed by atoms with van der Waals surface area (Å²) in [5.41, 5.74) is 0.164. The summed E-state index contributed by atoms with van der Waals surface area (Å²) in [4.78, 5) is 13.7. The number of hydrogen-bond acceptors (Lipinski definition) is 4. The van der Waals surface area contributed by atoms with Crippen molar-refractivity contribution in [2.75, 3.05) is 32.7 Å². The van der Waals surface area contributed by atoms with Gasteiger partial charge in [0, 0.05) is 6.04 Å². The zero-order valence-electron chi connectivity index (χ0n) is 17.2. The van der Waals surface area contributed by atoms with Crippen LogP contribution in [0, 0.1) is 23.2 Å². The maximum atomic E-state index is 12.9. The van der Waals surface area contributed by atoms with Crippen molar-refractivity contribution in [2.24, 2.45) is 11.8 Å². The molecule has 0 bridgehead atoms. The Morgan fingerprint density at radius 1 is 1.24 bits per heavy atom. The van der Waals surface area contributed by atoms with Gasteiger partial charge in [-0.3, -0.25) is 4.79 Å². The Morgan fingerprint density at radius 3 is 2.62 bits per heavy atom. The molecule has 0 unspecified atom stereocenters. The van der Waals surface area contributed by atoms with Crippen LogP contribution >= 0.6 is 0 Å². The summed E-state index contributed by atoms with van der Waals surface area (Å²) in [5, 5.41) is 12.4. The molecule has 2 N–H and O–H groups in total. The molecule has 1 aromatic carbocycles. The fourth-order valence-electron chi connectivity index (χ4n) is 4.41. The highest BCUT2D eigenvalue weighted by molar-refractivity contribution is 7.89. The van der Waals surface area contributed by atoms with E-state index in [0.717, 1.165) is 17.7 Å². The van der Waals surface area contributed by atoms with E-state index in [1.165, 1.54) is 22.9 Å². The summed E-state index contributed by atoms with van der Waals surface area (Å²) in [7, 11) is -3.70. The Morgan fingerprint density at radius 2 is 1.93 bits per heavy atom. The number of sulfonamides is 1. The first kappa shape index (κ1) is 21.8. The average molecular weight is 420 g/mol. The molecular weight excluding hydrogens is 388 g/mol. The topological polar surface area (TPSA) is 94.7 Å². The molecule has 8 heteroatoms. The lowest BCUT2D eigenvalue weighted by Crippen LogP contribution is -3.15. The molecule has 2 aliphatic rings. The van der Waals surface area contributed by atoms with Crippen LogP contribution < -0.4 is 10.2 Å². The van der Waals surface area contributed by atoms with E-state index in [-0.39, 0.29) is 22.4 Å². The summed E-state index contributed by atoms with van der Waals surface area (Å²) in [6, 6.07) is 8.49. The lowest BCUT2D eigenvalue weighted by molar-refractivity contribution is -0.895. The minimum absolute atomic E-state index is 0.0529. The van der Waals surface area contributed by atoms with Crippen LogP contribution in [0.25, 0.3) is 0 Å². The molecule has 1 saturated heterocycles. The maximum absolute atomic E-state index is 12.9. The molecule has 1 aliphatic carbocycles. The summed E-state index contributed by atoms with van der Waals surface area (Å²) in [6.45, 7) is 6.70. The first-order valence-corrected chi connectivity index (χ1v) is 11.9. The van der Waals surface area contributed by atoms with E-state index >= 15 is 0 Å². The number of nitriles is 1. The number of rotatable bonds is 5. The second-order valence-electron chi connectivity index (χ2n) is 8.38. The van der Waals surface area contributed by atoms with Crippen LogP contribution in [-0.4, -0.2) is 57.4 Å². The largest absolute Gasteiger partial charge is 0.348 e. The number of quaternary nitrogens is 1. The van der Waals surface area contributed by atoms with Gasteiger partial charge in [-0.15, -0.1) is 0 Å². The first-order chi connectivity index (χ1) is 13.8. The van der Waals surface area contributed by atoms with Gasteiger partial charge in [0.15, 0.2) is 6.54 Å². The predicted octanol–water partition coefficient (Wildman–Crippen LogP) is 0.388. The van der Waals surface area contributed by atoms with Crippen molar-refractivity contribution in [3.8, 4) is 6.07 Å². The molecule has 0 spiro atoms. The first-order valence-electron chi connectivity index (χ1n) is 10.4. The van der Waals surface area contributed by atoms with E-state index in [1.54, 1.807) is 12.1 Å². The van der Waals surface area contributed by atoms with E-state index in [0.29, 0.717) is 44.6 Å². The number of carbonyl (C=O) groups excluding carboxylic acids is 1. The van der Waals surface area contributed by atoms with Gasteiger partial charge in [-0.1, -0.05) is 38.8 Å². The van der Waals surface area contributed by atoms with Gasteiger partial charge in [-0.2, -0.15) is 9.57 Å². The van der Waals surface area contributed by atoms with Crippen LogP contribution in [0.5, 0.6) is 0 Å². The quantitative estimate of drug-likeness (QED) is 0.722. The van der Waals surface area contributed by atoms with Crippen LogP contribution in [-0.2, 0) is 14.8 Å². The molecular formula is C21H31N4O3S+. The van der Waals surface area contributed by atoms with Gasteiger partial charge in [0.1, 0.15) is 6.07 Å². The molecule has 0 radical (unpaired) electrons. The fraction of sp³-hybridized carbons (Fsp3) is 0.619. The van der Waals surface area contributed by atoms with Crippen LogP contribution in [0.4, 0.5) is 0 Å². The summed E-state index contributed by atoms with van der Waals surface area (Å²) < 4.78 is 27.2. The molecule has 7 nitrogen and oxygen atoms in total. The van der Waals surface area contributed by atoms with Crippen molar-refractivity contribution >= 4 is 15.9 Å². The molecule has 1 heterocycles. The number of carbonyl (C=O) groups is 1. The van der Waals surface area contributed by atoms with Gasteiger partial charge in [-0.05, 0) is 30.4 Å². The number of hydrogen-bond donors (Lipinski definition) is 2. The van der Waals surface area contributed by atoms with E-state index in [2.05, 4.69) is 19.2 Å². The Labute approximate surface area is 173 Å². The third-order valence-electron chi connectivity index (χ3n) is 6.52. The van der Waals surface area contributed by atoms with Gasteiger partial charge in [0.25, 0.3) is 5.91 Å². The van der Waals surface area contributed by atoms with E-state index < -0.39 is 10.0 Å². The average Bonchev–Trinajstić information content (AvgIpc) is 2.71. The molecule has 2 fully saturated rings. The molecule has 3 atom stereocenters. The lowest BCUT2D eigenvalue weighted by atomic mass is 9.78. The SMILES string of the molecule is C[C@@H]1[C@H](C)CCC[C@@H]1NC(=O)C[NH+]1CCN(S(=O)(=O)c2ccccc2C#N)CC1. The van der Waals surface area contributed by atoms with Crippen molar-refractivity contribution in [1.82, 2.24) is 9.62 Å². The molecule has 1 amide bonds. The van der Waals surface area contributed by atoms with E-state index in [4.69, 9.17) is 0 Å². The van der Waals surface area contributed by atoms with Gasteiger partial charge in [0.2, 0.25) is 10.0 Å². The zero-order chi connectivity index (χ0) is 21.0. The minimum atomic E-state index is -3.70. The second kappa shape index (κ2) is 9.24. The van der Waals surface area contributed by atoms with Crippen LogP contribution in [0.15, 0.2) is 29.2 Å². The Hall–Kier alpha value is -1.95. The predicted molar refractivity (Wildman–Crippen MR) is 110 cm³/mol. The number of nitrogens with one attached hydrogen (secondary N) is 2. The Bertz CT molecular complexity index is 872. The normalized spacial score (nSPS) is 26.6. The summed E-state index contributed by atoms with van der Waals surface area (Å²) in [6.07, 6.45) is 3.42. The fourth-order valence-corrected chi connectivity index (χ4v) is 6.00. The smallest absolute Gasteiger partial charge is 0.275 e. The lowest BCUT2D eigenvalue weighted by Gasteiger charge is -2.35. The highest BCUT2D eigenvalue weighted by Gasteiger charge is 2.33. The number of benzene rings is 1. The highest BCUT2D eigenvalue weighted by Crippen LogP contribution is 2.29. The van der Waals surface area contributed by atoms with Crippen molar-refractivity contribution in [3.63, 3.8) is 0 Å². The van der Waals surface area contributed by atoms with Crippen LogP contribution in [0.2, 0.25) is 0 Å². The van der Waals surface area contributed by atoms with E-state index in [9.17, 15) is 18.5 Å². The zero-order valence-corrected chi connectivity index (χ0v) is 18.0. The summed E-state index contributed by atoms with van der Waals surface area (Å²) in [5.74, 6) is 1.17. The minimum Gasteiger partial charge on any atom is -0.348 e. The number of amides is 1. The Kier molecular flexibility index (Phi) is 6.93. The van der Waals surface area contributed by atoms with Gasteiger partial charge in [0.05, 0.1) is 36.6 Å². The molecule has 0 aromatic heterocycles. The molecule has 1 aromatic rings. The van der Waals surface area contributed by atoms with Gasteiger partial charge < -0.3 is 10.2 Å². The van der Waals surface area contributed by atoms with Crippen LogP contribution in [0.3, 0.4) is 0 Å². The van der Waals surface area contributed by atoms with Gasteiger partial charge in [-0.25, -0.2) is 8.42 Å². The Balaban J connectivity index is 1.54. The third-order valence-corrected chi connectivity index (χ3v) is 8.48. The van der Waals surface area contributed by atoms with E-state index in [1.807, 2.05) is 6.07 Å². The number of nitrogens with zero attached hydrogens (tertiary/aromatic N) is 2. The summed E-state index contributed by atoms with van der Waals surface area (Å²) >= 11 is 0. The van der Waals surface area contributed by atoms with Crippen molar-refractivity contribution in [1.29, 1.82) is 5.26 Å². The molecule has 3 rings (SSSR count). The second-order valence-corrected chi connectivity index (χ2v) is 10.3.